The van der Waals surface area contributed by atoms with Crippen molar-refractivity contribution in [1.82, 2.24) is 0 Å². The molecule has 0 fully saturated rings. The summed E-state index contributed by atoms with van der Waals surface area (Å²) >= 11 is 1.76. The Kier molecular flexibility index (Phi) is 5.63. The van der Waals surface area contributed by atoms with Gasteiger partial charge in [0.25, 0.3) is 0 Å². The maximum atomic E-state index is 5.64. The van der Waals surface area contributed by atoms with Gasteiger partial charge in [0, 0.05) is 17.1 Å². The molecule has 0 saturated carbocycles. The van der Waals surface area contributed by atoms with Crippen molar-refractivity contribution < 1.29 is 4.74 Å². The van der Waals surface area contributed by atoms with E-state index in [1.807, 2.05) is 30.3 Å². The molecule has 0 saturated heterocycles. The minimum Gasteiger partial charge on any atom is -0.494 e. The molecule has 2 nitrogen and oxygen atoms in total. The van der Waals surface area contributed by atoms with E-state index in [0.29, 0.717) is 0 Å². The first-order chi connectivity index (χ1) is 9.38. The Morgan fingerprint density at radius 1 is 1.05 bits per heavy atom. The van der Waals surface area contributed by atoms with Crippen molar-refractivity contribution in [2.24, 2.45) is 0 Å². The first-order valence-corrected chi connectivity index (χ1v) is 7.67. The van der Waals surface area contributed by atoms with Gasteiger partial charge in [-0.1, -0.05) is 24.3 Å². The van der Waals surface area contributed by atoms with Crippen LogP contribution in [0.2, 0.25) is 0 Å². The average molecular weight is 273 g/mol. The topological polar surface area (TPSA) is 21.3 Å². The van der Waals surface area contributed by atoms with Crippen molar-refractivity contribution >= 4 is 17.4 Å². The fraction of sp³-hybridized carbons (Fsp3) is 0.250. The molecule has 2 aromatic carbocycles. The van der Waals surface area contributed by atoms with Gasteiger partial charge in [0.1, 0.15) is 5.75 Å². The van der Waals surface area contributed by atoms with Crippen LogP contribution in [0.4, 0.5) is 5.69 Å². The number of thioether (sulfide) groups is 1. The lowest BCUT2D eigenvalue weighted by Gasteiger charge is -2.08. The van der Waals surface area contributed by atoms with Crippen molar-refractivity contribution in [3.8, 4) is 5.75 Å². The van der Waals surface area contributed by atoms with Crippen LogP contribution < -0.4 is 10.1 Å². The van der Waals surface area contributed by atoms with Crippen LogP contribution >= 0.6 is 11.8 Å². The van der Waals surface area contributed by atoms with Gasteiger partial charge in [-0.3, -0.25) is 0 Å². The minimum absolute atomic E-state index is 0.735. The van der Waals surface area contributed by atoms with Gasteiger partial charge in [0.2, 0.25) is 0 Å². The smallest absolute Gasteiger partial charge is 0.119 e. The molecule has 0 amide bonds. The molecule has 19 heavy (non-hydrogen) atoms. The summed E-state index contributed by atoms with van der Waals surface area (Å²) in [5.74, 6) is 0.937. The zero-order chi connectivity index (χ0) is 13.3. The monoisotopic (exact) mass is 273 g/mol. The lowest BCUT2D eigenvalue weighted by atomic mass is 10.3. The highest BCUT2D eigenvalue weighted by Gasteiger charge is 1.95. The van der Waals surface area contributed by atoms with E-state index in [4.69, 9.17) is 4.74 Å². The maximum absolute atomic E-state index is 5.64. The van der Waals surface area contributed by atoms with E-state index >= 15 is 0 Å². The first-order valence-electron chi connectivity index (χ1n) is 6.44. The number of para-hydroxylation sites is 1. The second-order valence-electron chi connectivity index (χ2n) is 4.17. The molecule has 0 aliphatic rings. The summed E-state index contributed by atoms with van der Waals surface area (Å²) in [6.45, 7) is 1.66. The zero-order valence-corrected chi connectivity index (χ0v) is 12.0. The SMILES string of the molecule is CSc1cccc(NCCCOc2ccccc2)c1. The normalized spacial score (nSPS) is 10.2. The van der Waals surface area contributed by atoms with E-state index in [1.54, 1.807) is 11.8 Å². The molecule has 3 heteroatoms. The summed E-state index contributed by atoms with van der Waals surface area (Å²) in [5.41, 5.74) is 1.17. The molecule has 2 rings (SSSR count). The van der Waals surface area contributed by atoms with Crippen LogP contribution in [-0.4, -0.2) is 19.4 Å². The molecule has 0 spiro atoms. The van der Waals surface area contributed by atoms with Crippen LogP contribution in [0, 0.1) is 0 Å². The Balaban J connectivity index is 1.66. The minimum atomic E-state index is 0.735. The number of hydrogen-bond donors (Lipinski definition) is 1. The number of anilines is 1. The van der Waals surface area contributed by atoms with Gasteiger partial charge in [-0.25, -0.2) is 0 Å². The molecular weight excluding hydrogens is 254 g/mol. The quantitative estimate of drug-likeness (QED) is 0.600. The molecule has 0 aliphatic heterocycles. The summed E-state index contributed by atoms with van der Waals surface area (Å²) in [5, 5.41) is 3.41. The van der Waals surface area contributed by atoms with Gasteiger partial charge in [0.15, 0.2) is 0 Å². The lowest BCUT2D eigenvalue weighted by molar-refractivity contribution is 0.315. The number of rotatable bonds is 7. The standard InChI is InChI=1S/C16H19NOS/c1-19-16-10-5-7-14(13-16)17-11-6-12-18-15-8-3-2-4-9-15/h2-5,7-10,13,17H,6,11-12H2,1H3. The molecular formula is C16H19NOS. The first kappa shape index (κ1) is 13.8. The van der Waals surface area contributed by atoms with Crippen molar-refractivity contribution in [3.63, 3.8) is 0 Å². The summed E-state index contributed by atoms with van der Waals surface area (Å²) in [7, 11) is 0. The Labute approximate surface area is 119 Å². The van der Waals surface area contributed by atoms with Gasteiger partial charge in [-0.15, -0.1) is 11.8 Å². The number of ether oxygens (including phenoxy) is 1. The molecule has 0 aliphatic carbocycles. The number of hydrogen-bond acceptors (Lipinski definition) is 3. The van der Waals surface area contributed by atoms with Gasteiger partial charge in [0.05, 0.1) is 6.61 Å². The molecule has 0 atom stereocenters. The maximum Gasteiger partial charge on any atom is 0.119 e. The number of nitrogens with one attached hydrogen (secondary N) is 1. The van der Waals surface area contributed by atoms with Crippen LogP contribution in [0.5, 0.6) is 5.75 Å². The van der Waals surface area contributed by atoms with Crippen molar-refractivity contribution in [3.05, 3.63) is 54.6 Å². The van der Waals surface area contributed by atoms with E-state index in [-0.39, 0.29) is 0 Å². The van der Waals surface area contributed by atoms with Crippen molar-refractivity contribution in [2.45, 2.75) is 11.3 Å². The summed E-state index contributed by atoms with van der Waals surface area (Å²) in [6.07, 6.45) is 3.07. The van der Waals surface area contributed by atoms with Crippen LogP contribution in [0.25, 0.3) is 0 Å². The highest BCUT2D eigenvalue weighted by molar-refractivity contribution is 7.98. The zero-order valence-electron chi connectivity index (χ0n) is 11.1. The third-order valence-electron chi connectivity index (χ3n) is 2.73. The summed E-state index contributed by atoms with van der Waals surface area (Å²) in [6, 6.07) is 18.4. The Bertz CT molecular complexity index is 487. The van der Waals surface area contributed by atoms with Gasteiger partial charge >= 0.3 is 0 Å². The van der Waals surface area contributed by atoms with E-state index in [9.17, 15) is 0 Å². The predicted octanol–water partition coefficient (Wildman–Crippen LogP) is 4.29. The highest BCUT2D eigenvalue weighted by Crippen LogP contribution is 2.18. The van der Waals surface area contributed by atoms with Gasteiger partial charge < -0.3 is 10.1 Å². The van der Waals surface area contributed by atoms with Crippen molar-refractivity contribution in [1.29, 1.82) is 0 Å². The molecule has 0 bridgehead atoms. The largest absolute Gasteiger partial charge is 0.494 e. The number of benzene rings is 2. The van der Waals surface area contributed by atoms with Crippen LogP contribution in [0.15, 0.2) is 59.5 Å². The molecule has 0 unspecified atom stereocenters. The molecule has 0 radical (unpaired) electrons. The molecule has 1 N–H and O–H groups in total. The molecule has 0 heterocycles. The van der Waals surface area contributed by atoms with E-state index < -0.39 is 0 Å². The molecule has 2 aromatic rings. The van der Waals surface area contributed by atoms with Crippen molar-refractivity contribution in [2.75, 3.05) is 24.7 Å². The van der Waals surface area contributed by atoms with Crippen LogP contribution in [0.3, 0.4) is 0 Å². The van der Waals surface area contributed by atoms with Gasteiger partial charge in [-0.2, -0.15) is 0 Å². The van der Waals surface area contributed by atoms with Gasteiger partial charge in [-0.05, 0) is 43.0 Å². The van der Waals surface area contributed by atoms with Crippen LogP contribution in [0.1, 0.15) is 6.42 Å². The second kappa shape index (κ2) is 7.74. The Hall–Kier alpha value is -1.61. The van der Waals surface area contributed by atoms with E-state index in [0.717, 1.165) is 25.3 Å². The highest BCUT2D eigenvalue weighted by atomic mass is 32.2. The van der Waals surface area contributed by atoms with E-state index in [1.165, 1.54) is 10.6 Å². The third-order valence-corrected chi connectivity index (χ3v) is 3.46. The lowest BCUT2D eigenvalue weighted by Crippen LogP contribution is -2.07. The fourth-order valence-electron chi connectivity index (χ4n) is 1.74. The average Bonchev–Trinajstić information content (AvgIpc) is 2.48. The van der Waals surface area contributed by atoms with Crippen LogP contribution in [-0.2, 0) is 0 Å². The molecule has 0 aromatic heterocycles. The third kappa shape index (κ3) is 4.87. The second-order valence-corrected chi connectivity index (χ2v) is 5.05. The summed E-state index contributed by atoms with van der Waals surface area (Å²) < 4.78 is 5.64. The summed E-state index contributed by atoms with van der Waals surface area (Å²) in [4.78, 5) is 1.28. The fourth-order valence-corrected chi connectivity index (χ4v) is 2.20. The Morgan fingerprint density at radius 2 is 1.89 bits per heavy atom. The predicted molar refractivity (Wildman–Crippen MR) is 83.3 cm³/mol. The van der Waals surface area contributed by atoms with E-state index in [2.05, 4.69) is 35.8 Å². The molecule has 100 valence electrons. The Morgan fingerprint density at radius 3 is 2.68 bits per heavy atom.